The first-order chi connectivity index (χ1) is 12.6. The molecule has 0 aromatic heterocycles. The molecule has 2 bridgehead atoms. The van der Waals surface area contributed by atoms with Crippen molar-refractivity contribution >= 4 is 17.7 Å². The van der Waals surface area contributed by atoms with Gasteiger partial charge in [-0.2, -0.15) is 0 Å². The molecule has 1 saturated carbocycles. The van der Waals surface area contributed by atoms with Gasteiger partial charge in [0.2, 0.25) is 17.7 Å². The van der Waals surface area contributed by atoms with Gasteiger partial charge in [0.25, 0.3) is 0 Å². The number of carbonyl (C=O) groups excluding carboxylic acids is 3. The fourth-order valence-electron chi connectivity index (χ4n) is 4.88. The van der Waals surface area contributed by atoms with Crippen molar-refractivity contribution in [2.75, 3.05) is 6.54 Å². The molecule has 1 aromatic carbocycles. The maximum atomic E-state index is 13.2. The van der Waals surface area contributed by atoms with Crippen LogP contribution in [0.25, 0.3) is 0 Å². The highest BCUT2D eigenvalue weighted by Gasteiger charge is 2.58. The first-order valence-corrected chi connectivity index (χ1v) is 9.48. The topological polar surface area (TPSA) is 66.5 Å². The van der Waals surface area contributed by atoms with Gasteiger partial charge in [0.15, 0.2) is 0 Å². The SMILES string of the molecule is CCNC(=O)C[C@@H](c1ccccc1)N1C(=O)[C@@H]2[C@H](C1=O)[C@H]1C=C[C@H]2CC1. The fraction of sp³-hybridized carbons (Fsp3) is 0.476. The number of imide groups is 1. The lowest BCUT2D eigenvalue weighted by molar-refractivity contribution is -0.143. The van der Waals surface area contributed by atoms with Crippen molar-refractivity contribution in [3.63, 3.8) is 0 Å². The summed E-state index contributed by atoms with van der Waals surface area (Å²) < 4.78 is 0. The molecule has 1 heterocycles. The Labute approximate surface area is 153 Å². The zero-order valence-corrected chi connectivity index (χ0v) is 14.9. The molecule has 1 aromatic rings. The molecule has 1 saturated heterocycles. The van der Waals surface area contributed by atoms with E-state index in [0.29, 0.717) is 6.54 Å². The second-order valence-corrected chi connectivity index (χ2v) is 7.47. The number of allylic oxidation sites excluding steroid dienone is 2. The van der Waals surface area contributed by atoms with Crippen LogP contribution in [-0.4, -0.2) is 29.2 Å². The van der Waals surface area contributed by atoms with Gasteiger partial charge < -0.3 is 5.32 Å². The van der Waals surface area contributed by atoms with Crippen LogP contribution in [0.2, 0.25) is 0 Å². The third kappa shape index (κ3) is 2.66. The monoisotopic (exact) mass is 352 g/mol. The first kappa shape index (κ1) is 17.0. The van der Waals surface area contributed by atoms with Crippen LogP contribution in [0, 0.1) is 23.7 Å². The van der Waals surface area contributed by atoms with Crippen LogP contribution in [-0.2, 0) is 14.4 Å². The van der Waals surface area contributed by atoms with Gasteiger partial charge in [-0.1, -0.05) is 42.5 Å². The molecule has 5 nitrogen and oxygen atoms in total. The quantitative estimate of drug-likeness (QED) is 0.654. The zero-order valence-electron chi connectivity index (χ0n) is 14.9. The van der Waals surface area contributed by atoms with E-state index in [2.05, 4.69) is 17.5 Å². The molecule has 1 N–H and O–H groups in total. The van der Waals surface area contributed by atoms with Crippen LogP contribution in [0.4, 0.5) is 0 Å². The number of fused-ring (bicyclic) bond motifs is 1. The number of carbonyl (C=O) groups is 3. The van der Waals surface area contributed by atoms with Crippen LogP contribution in [0.5, 0.6) is 0 Å². The highest BCUT2D eigenvalue weighted by molar-refractivity contribution is 6.06. The van der Waals surface area contributed by atoms with Crippen molar-refractivity contribution in [2.45, 2.75) is 32.2 Å². The number of hydrogen-bond acceptors (Lipinski definition) is 3. The summed E-state index contributed by atoms with van der Waals surface area (Å²) in [5, 5.41) is 2.79. The van der Waals surface area contributed by atoms with Crippen LogP contribution in [0.15, 0.2) is 42.5 Å². The van der Waals surface area contributed by atoms with Gasteiger partial charge in [-0.25, -0.2) is 0 Å². The summed E-state index contributed by atoms with van der Waals surface area (Å²) in [7, 11) is 0. The number of nitrogens with zero attached hydrogens (tertiary/aromatic N) is 1. The molecule has 5 heteroatoms. The Morgan fingerprint density at radius 3 is 2.15 bits per heavy atom. The van der Waals surface area contributed by atoms with Crippen LogP contribution >= 0.6 is 0 Å². The van der Waals surface area contributed by atoms with E-state index in [0.717, 1.165) is 18.4 Å². The summed E-state index contributed by atoms with van der Waals surface area (Å²) in [6.45, 7) is 2.39. The van der Waals surface area contributed by atoms with Crippen molar-refractivity contribution in [3.8, 4) is 0 Å². The van der Waals surface area contributed by atoms with Crippen LogP contribution in [0.3, 0.4) is 0 Å². The standard InChI is InChI=1S/C21H24N2O3/c1-2-22-17(24)12-16(13-6-4-3-5-7-13)23-20(25)18-14-8-9-15(11-10-14)19(18)21(23)26/h3-9,14-16,18-19H,2,10-12H2,1H3,(H,22,24)/t14-,15-,16-,18-,19+/m0/s1. The number of hydrogen-bond donors (Lipinski definition) is 1. The molecule has 1 aliphatic heterocycles. The fourth-order valence-corrected chi connectivity index (χ4v) is 4.88. The molecule has 4 aliphatic rings. The second-order valence-electron chi connectivity index (χ2n) is 7.47. The number of benzene rings is 1. The summed E-state index contributed by atoms with van der Waals surface area (Å²) in [5.41, 5.74) is 0.833. The number of rotatable bonds is 5. The van der Waals surface area contributed by atoms with E-state index in [1.165, 1.54) is 4.90 Å². The Hall–Kier alpha value is -2.43. The van der Waals surface area contributed by atoms with Gasteiger partial charge in [-0.15, -0.1) is 0 Å². The predicted molar refractivity (Wildman–Crippen MR) is 96.7 cm³/mol. The van der Waals surface area contributed by atoms with E-state index in [9.17, 15) is 14.4 Å². The summed E-state index contributed by atoms with van der Waals surface area (Å²) in [5.74, 6) is -0.509. The Morgan fingerprint density at radius 1 is 1.08 bits per heavy atom. The van der Waals surface area contributed by atoms with Gasteiger partial charge in [0.05, 0.1) is 24.3 Å². The lowest BCUT2D eigenvalue weighted by atomic mass is 9.63. The molecule has 0 unspecified atom stereocenters. The molecule has 3 amide bonds. The molecular formula is C21H24N2O3. The second kappa shape index (κ2) is 6.71. The Morgan fingerprint density at radius 2 is 1.65 bits per heavy atom. The third-order valence-corrected chi connectivity index (χ3v) is 6.04. The van der Waals surface area contributed by atoms with Gasteiger partial charge in [0, 0.05) is 6.54 Å². The smallest absolute Gasteiger partial charge is 0.234 e. The van der Waals surface area contributed by atoms with Crippen molar-refractivity contribution in [1.29, 1.82) is 0 Å². The van der Waals surface area contributed by atoms with Gasteiger partial charge >= 0.3 is 0 Å². The van der Waals surface area contributed by atoms with Crippen molar-refractivity contribution in [2.24, 2.45) is 23.7 Å². The Balaban J connectivity index is 1.68. The minimum absolute atomic E-state index is 0.0998. The molecule has 0 radical (unpaired) electrons. The molecule has 5 rings (SSSR count). The predicted octanol–water partition coefficient (Wildman–Crippen LogP) is 2.45. The van der Waals surface area contributed by atoms with Crippen LogP contribution < -0.4 is 5.32 Å². The maximum Gasteiger partial charge on any atom is 0.234 e. The van der Waals surface area contributed by atoms with Gasteiger partial charge in [0.1, 0.15) is 0 Å². The zero-order chi connectivity index (χ0) is 18.3. The van der Waals surface area contributed by atoms with Crippen molar-refractivity contribution in [1.82, 2.24) is 10.2 Å². The summed E-state index contributed by atoms with van der Waals surface area (Å²) in [4.78, 5) is 40.1. The van der Waals surface area contributed by atoms with E-state index >= 15 is 0 Å². The van der Waals surface area contributed by atoms with E-state index in [1.807, 2.05) is 37.3 Å². The maximum absolute atomic E-state index is 13.2. The Bertz CT molecular complexity index is 726. The third-order valence-electron chi connectivity index (χ3n) is 6.04. The molecule has 5 atom stereocenters. The number of likely N-dealkylation sites (tertiary alicyclic amines) is 1. The lowest BCUT2D eigenvalue weighted by Crippen LogP contribution is -2.38. The summed E-state index contributed by atoms with van der Waals surface area (Å²) in [6, 6.07) is 8.89. The highest BCUT2D eigenvalue weighted by Crippen LogP contribution is 2.51. The summed E-state index contributed by atoms with van der Waals surface area (Å²) >= 11 is 0. The van der Waals surface area contributed by atoms with Gasteiger partial charge in [-0.05, 0) is 37.2 Å². The van der Waals surface area contributed by atoms with Gasteiger partial charge in [-0.3, -0.25) is 19.3 Å². The number of amides is 3. The molecule has 2 fully saturated rings. The van der Waals surface area contributed by atoms with E-state index in [1.54, 1.807) is 0 Å². The largest absolute Gasteiger partial charge is 0.356 e. The average Bonchev–Trinajstić information content (AvgIpc) is 2.95. The lowest BCUT2D eigenvalue weighted by Gasteiger charge is -2.38. The molecule has 3 aliphatic carbocycles. The van der Waals surface area contributed by atoms with E-state index < -0.39 is 6.04 Å². The van der Waals surface area contributed by atoms with Crippen molar-refractivity contribution < 1.29 is 14.4 Å². The first-order valence-electron chi connectivity index (χ1n) is 9.48. The van der Waals surface area contributed by atoms with E-state index in [-0.39, 0.29) is 47.8 Å². The highest BCUT2D eigenvalue weighted by atomic mass is 16.2. The molecular weight excluding hydrogens is 328 g/mol. The van der Waals surface area contributed by atoms with E-state index in [4.69, 9.17) is 0 Å². The molecule has 26 heavy (non-hydrogen) atoms. The normalized spacial score (nSPS) is 30.4. The molecule has 0 spiro atoms. The minimum Gasteiger partial charge on any atom is -0.356 e. The number of nitrogens with one attached hydrogen (secondary N) is 1. The van der Waals surface area contributed by atoms with Crippen molar-refractivity contribution in [3.05, 3.63) is 48.0 Å². The van der Waals surface area contributed by atoms with Crippen LogP contribution in [0.1, 0.15) is 37.8 Å². The Kier molecular flexibility index (Phi) is 4.39. The average molecular weight is 352 g/mol. The molecule has 136 valence electrons. The summed E-state index contributed by atoms with van der Waals surface area (Å²) in [6.07, 6.45) is 6.29. The minimum atomic E-state index is -0.534.